The number of rotatable bonds is 4. The maximum atomic E-state index is 12.0. The maximum Gasteiger partial charge on any atom is 0.222 e. The van der Waals surface area contributed by atoms with E-state index in [1.165, 1.54) is 11.1 Å². The smallest absolute Gasteiger partial charge is 0.222 e. The molecule has 0 saturated carbocycles. The van der Waals surface area contributed by atoms with E-state index in [0.717, 1.165) is 31.4 Å². The number of aliphatic hydroxyl groups is 1. The van der Waals surface area contributed by atoms with Crippen molar-refractivity contribution in [3.05, 3.63) is 34.9 Å². The summed E-state index contributed by atoms with van der Waals surface area (Å²) in [5, 5.41) is 9.91. The third-order valence-electron chi connectivity index (χ3n) is 3.83. The van der Waals surface area contributed by atoms with Gasteiger partial charge in [-0.15, -0.1) is 0 Å². The van der Waals surface area contributed by atoms with E-state index in [1.807, 2.05) is 24.8 Å². The molecule has 0 spiro atoms. The van der Waals surface area contributed by atoms with E-state index in [4.69, 9.17) is 0 Å². The first-order valence-electron chi connectivity index (χ1n) is 7.23. The monoisotopic (exact) mass is 261 g/mol. The molecule has 1 unspecified atom stereocenters. The lowest BCUT2D eigenvalue weighted by Crippen LogP contribution is -2.35. The van der Waals surface area contributed by atoms with E-state index in [-0.39, 0.29) is 5.91 Å². The Morgan fingerprint density at radius 2 is 2.16 bits per heavy atom. The van der Waals surface area contributed by atoms with Gasteiger partial charge in [-0.05, 0) is 36.0 Å². The predicted octanol–water partition coefficient (Wildman–Crippen LogP) is 2.81. The molecule has 3 heteroatoms. The van der Waals surface area contributed by atoms with Crippen molar-refractivity contribution in [2.45, 2.75) is 52.2 Å². The van der Waals surface area contributed by atoms with E-state index >= 15 is 0 Å². The summed E-state index contributed by atoms with van der Waals surface area (Å²) in [6.45, 7) is 5.52. The Morgan fingerprint density at radius 1 is 1.37 bits per heavy atom. The third-order valence-corrected chi connectivity index (χ3v) is 3.83. The van der Waals surface area contributed by atoms with Crippen molar-refractivity contribution in [1.82, 2.24) is 4.90 Å². The molecule has 2 rings (SSSR count). The molecule has 1 aliphatic rings. The van der Waals surface area contributed by atoms with Crippen LogP contribution in [0.2, 0.25) is 0 Å². The fourth-order valence-electron chi connectivity index (χ4n) is 2.60. The van der Waals surface area contributed by atoms with Gasteiger partial charge in [0.05, 0.1) is 6.10 Å². The molecule has 0 saturated heterocycles. The van der Waals surface area contributed by atoms with Gasteiger partial charge >= 0.3 is 0 Å². The van der Waals surface area contributed by atoms with Crippen molar-refractivity contribution in [2.24, 2.45) is 0 Å². The molecule has 104 valence electrons. The molecule has 1 aromatic carbocycles. The van der Waals surface area contributed by atoms with Crippen molar-refractivity contribution in [3.63, 3.8) is 0 Å². The standard InChI is InChI=1S/C16H23NO2/c1-3-5-16(19)17-9-8-12-6-7-13(15(18)4-2)10-14(12)11-17/h6-7,10,15,18H,3-5,8-9,11H2,1-2H3. The summed E-state index contributed by atoms with van der Waals surface area (Å²) >= 11 is 0. The Kier molecular flexibility index (Phi) is 4.59. The minimum absolute atomic E-state index is 0.245. The zero-order valence-electron chi connectivity index (χ0n) is 11.9. The fourth-order valence-corrected chi connectivity index (χ4v) is 2.60. The van der Waals surface area contributed by atoms with Crippen LogP contribution in [0, 0.1) is 0 Å². The van der Waals surface area contributed by atoms with Gasteiger partial charge in [0.2, 0.25) is 5.91 Å². The number of benzene rings is 1. The molecule has 0 bridgehead atoms. The van der Waals surface area contributed by atoms with Gasteiger partial charge in [-0.25, -0.2) is 0 Å². The quantitative estimate of drug-likeness (QED) is 0.905. The number of hydrogen-bond donors (Lipinski definition) is 1. The number of nitrogens with zero attached hydrogens (tertiary/aromatic N) is 1. The normalized spacial score (nSPS) is 16.1. The average Bonchev–Trinajstić information content (AvgIpc) is 2.45. The lowest BCUT2D eigenvalue weighted by Gasteiger charge is -2.29. The summed E-state index contributed by atoms with van der Waals surface area (Å²) in [4.78, 5) is 13.9. The van der Waals surface area contributed by atoms with Crippen LogP contribution in [-0.2, 0) is 17.8 Å². The summed E-state index contributed by atoms with van der Waals surface area (Å²) in [5.74, 6) is 0.245. The highest BCUT2D eigenvalue weighted by Gasteiger charge is 2.20. The Balaban J connectivity index is 2.16. The Labute approximate surface area is 115 Å². The summed E-state index contributed by atoms with van der Waals surface area (Å²) in [7, 11) is 0. The minimum atomic E-state index is -0.396. The van der Waals surface area contributed by atoms with E-state index in [1.54, 1.807) is 0 Å². The molecule has 1 aliphatic heterocycles. The van der Waals surface area contributed by atoms with Crippen molar-refractivity contribution in [1.29, 1.82) is 0 Å². The molecule has 0 fully saturated rings. The van der Waals surface area contributed by atoms with Gasteiger partial charge in [-0.1, -0.05) is 32.0 Å². The van der Waals surface area contributed by atoms with Crippen LogP contribution in [0.5, 0.6) is 0 Å². The Bertz CT molecular complexity index is 456. The van der Waals surface area contributed by atoms with Gasteiger partial charge in [-0.3, -0.25) is 4.79 Å². The highest BCUT2D eigenvalue weighted by molar-refractivity contribution is 5.76. The van der Waals surface area contributed by atoms with Gasteiger partial charge in [0.15, 0.2) is 0 Å². The highest BCUT2D eigenvalue weighted by atomic mass is 16.3. The van der Waals surface area contributed by atoms with Crippen LogP contribution in [0.25, 0.3) is 0 Å². The van der Waals surface area contributed by atoms with Gasteiger partial charge in [-0.2, -0.15) is 0 Å². The number of carbonyl (C=O) groups is 1. The Hall–Kier alpha value is -1.35. The molecular formula is C16H23NO2. The maximum absolute atomic E-state index is 12.0. The van der Waals surface area contributed by atoms with E-state index in [9.17, 15) is 9.90 Å². The van der Waals surface area contributed by atoms with Crippen molar-refractivity contribution in [3.8, 4) is 0 Å². The van der Waals surface area contributed by atoms with Crippen molar-refractivity contribution < 1.29 is 9.90 Å². The molecule has 1 aromatic rings. The minimum Gasteiger partial charge on any atom is -0.388 e. The van der Waals surface area contributed by atoms with Crippen LogP contribution >= 0.6 is 0 Å². The second-order valence-corrected chi connectivity index (χ2v) is 5.27. The van der Waals surface area contributed by atoms with Gasteiger partial charge < -0.3 is 10.0 Å². The largest absolute Gasteiger partial charge is 0.388 e. The summed E-state index contributed by atoms with van der Waals surface area (Å²) in [6.07, 6.45) is 2.78. The van der Waals surface area contributed by atoms with Crippen LogP contribution in [0.1, 0.15) is 55.9 Å². The lowest BCUT2D eigenvalue weighted by molar-refractivity contribution is -0.132. The number of fused-ring (bicyclic) bond motifs is 1. The molecule has 0 radical (unpaired) electrons. The van der Waals surface area contributed by atoms with Gasteiger partial charge in [0.25, 0.3) is 0 Å². The zero-order valence-corrected chi connectivity index (χ0v) is 11.9. The van der Waals surface area contributed by atoms with Crippen LogP contribution in [0.3, 0.4) is 0 Å². The molecule has 1 amide bonds. The summed E-state index contributed by atoms with van der Waals surface area (Å²) < 4.78 is 0. The fraction of sp³-hybridized carbons (Fsp3) is 0.562. The molecule has 3 nitrogen and oxygen atoms in total. The van der Waals surface area contributed by atoms with Crippen LogP contribution in [0.4, 0.5) is 0 Å². The number of aliphatic hydroxyl groups excluding tert-OH is 1. The van der Waals surface area contributed by atoms with E-state index in [0.29, 0.717) is 13.0 Å². The van der Waals surface area contributed by atoms with Gasteiger partial charge in [0, 0.05) is 19.5 Å². The second-order valence-electron chi connectivity index (χ2n) is 5.27. The number of hydrogen-bond acceptors (Lipinski definition) is 2. The van der Waals surface area contributed by atoms with E-state index < -0.39 is 6.10 Å². The molecule has 19 heavy (non-hydrogen) atoms. The zero-order chi connectivity index (χ0) is 13.8. The molecular weight excluding hydrogens is 238 g/mol. The van der Waals surface area contributed by atoms with Crippen LogP contribution in [-0.4, -0.2) is 22.5 Å². The lowest BCUT2D eigenvalue weighted by atomic mass is 9.95. The second kappa shape index (κ2) is 6.20. The summed E-state index contributed by atoms with van der Waals surface area (Å²) in [6, 6.07) is 6.18. The molecule has 1 atom stereocenters. The molecule has 1 N–H and O–H groups in total. The molecule has 0 aliphatic carbocycles. The number of amides is 1. The van der Waals surface area contributed by atoms with Crippen LogP contribution < -0.4 is 0 Å². The average molecular weight is 261 g/mol. The summed E-state index contributed by atoms with van der Waals surface area (Å²) in [5.41, 5.74) is 3.47. The SMILES string of the molecule is CCCC(=O)N1CCc2ccc(C(O)CC)cc2C1. The number of carbonyl (C=O) groups excluding carboxylic acids is 1. The highest BCUT2D eigenvalue weighted by Crippen LogP contribution is 2.25. The van der Waals surface area contributed by atoms with Gasteiger partial charge in [0.1, 0.15) is 0 Å². The first-order valence-corrected chi connectivity index (χ1v) is 7.23. The topological polar surface area (TPSA) is 40.5 Å². The third kappa shape index (κ3) is 3.16. The predicted molar refractivity (Wildman–Crippen MR) is 75.7 cm³/mol. The first kappa shape index (κ1) is 14.1. The Morgan fingerprint density at radius 3 is 2.84 bits per heavy atom. The first-order chi connectivity index (χ1) is 9.15. The van der Waals surface area contributed by atoms with Crippen LogP contribution in [0.15, 0.2) is 18.2 Å². The van der Waals surface area contributed by atoms with E-state index in [2.05, 4.69) is 12.1 Å². The molecule has 1 heterocycles. The molecule has 0 aromatic heterocycles. The van der Waals surface area contributed by atoms with Crippen molar-refractivity contribution in [2.75, 3.05) is 6.54 Å². The van der Waals surface area contributed by atoms with Crippen molar-refractivity contribution >= 4 is 5.91 Å².